The molecule has 0 amide bonds. The lowest BCUT2D eigenvalue weighted by Crippen LogP contribution is -1.97. The highest BCUT2D eigenvalue weighted by atomic mass is 127. The Hall–Kier alpha value is -1.21. The van der Waals surface area contributed by atoms with Crippen LogP contribution in [-0.4, -0.2) is 5.11 Å². The van der Waals surface area contributed by atoms with E-state index < -0.39 is 17.7 Å². The Morgan fingerprint density at radius 3 is 2.55 bits per heavy atom. The van der Waals surface area contributed by atoms with Crippen LogP contribution in [0.2, 0.25) is 0 Å². The van der Waals surface area contributed by atoms with E-state index in [1.165, 1.54) is 0 Å². The second-order valence-corrected chi connectivity index (χ2v) is 5.86. The molecule has 0 aliphatic heterocycles. The molecule has 20 heavy (non-hydrogen) atoms. The van der Waals surface area contributed by atoms with Crippen molar-refractivity contribution in [2.75, 3.05) is 0 Å². The van der Waals surface area contributed by atoms with Crippen molar-refractivity contribution in [1.82, 2.24) is 0 Å². The third-order valence-corrected chi connectivity index (χ3v) is 4.27. The molecule has 0 saturated heterocycles. The van der Waals surface area contributed by atoms with Gasteiger partial charge in [-0.1, -0.05) is 0 Å². The van der Waals surface area contributed by atoms with Crippen molar-refractivity contribution in [2.24, 2.45) is 0 Å². The molecule has 0 bridgehead atoms. The number of fused-ring (bicyclic) bond motifs is 1. The van der Waals surface area contributed by atoms with Crippen LogP contribution in [-0.2, 0) is 6.42 Å². The maximum Gasteiger partial charge on any atom is 0.133 e. The van der Waals surface area contributed by atoms with Gasteiger partial charge in [0, 0.05) is 32.9 Å². The summed E-state index contributed by atoms with van der Waals surface area (Å²) in [6.07, 6.45) is 0.841. The van der Waals surface area contributed by atoms with Gasteiger partial charge in [-0.25, -0.2) is 8.78 Å². The Labute approximate surface area is 128 Å². The quantitative estimate of drug-likeness (QED) is 0.776. The topological polar surface area (TPSA) is 29.5 Å². The smallest absolute Gasteiger partial charge is 0.133 e. The number of hydrogen-bond acceptors (Lipinski definition) is 2. The molecule has 2 aromatic rings. The summed E-state index contributed by atoms with van der Waals surface area (Å²) in [5.74, 6) is -0.696. The van der Waals surface area contributed by atoms with Gasteiger partial charge < -0.3 is 9.84 Å². The first-order valence-corrected chi connectivity index (χ1v) is 7.26. The molecule has 0 spiro atoms. The van der Waals surface area contributed by atoms with Crippen LogP contribution >= 0.6 is 22.6 Å². The van der Waals surface area contributed by atoms with Gasteiger partial charge in [-0.05, 0) is 47.6 Å². The molecular formula is C15H11F2IO2. The molecular weight excluding hydrogens is 377 g/mol. The van der Waals surface area contributed by atoms with Crippen LogP contribution in [0.25, 0.3) is 0 Å². The average Bonchev–Trinajstić information content (AvgIpc) is 2.75. The third-order valence-electron chi connectivity index (χ3n) is 3.33. The molecule has 0 fully saturated rings. The minimum absolute atomic E-state index is 0.118. The van der Waals surface area contributed by atoms with Gasteiger partial charge in [-0.15, -0.1) is 0 Å². The number of hydrogen-bond donors (Lipinski definition) is 1. The molecule has 0 heterocycles. The van der Waals surface area contributed by atoms with E-state index in [-0.39, 0.29) is 5.75 Å². The van der Waals surface area contributed by atoms with Crippen molar-refractivity contribution in [3.63, 3.8) is 0 Å². The van der Waals surface area contributed by atoms with E-state index >= 15 is 0 Å². The Bertz CT molecular complexity index is 653. The predicted molar refractivity (Wildman–Crippen MR) is 78.9 cm³/mol. The highest BCUT2D eigenvalue weighted by Gasteiger charge is 2.26. The fourth-order valence-corrected chi connectivity index (χ4v) is 3.33. The third kappa shape index (κ3) is 2.52. The summed E-state index contributed by atoms with van der Waals surface area (Å²) in [7, 11) is 0. The molecule has 2 aromatic carbocycles. The van der Waals surface area contributed by atoms with Gasteiger partial charge in [-0.3, -0.25) is 0 Å². The zero-order valence-corrected chi connectivity index (χ0v) is 12.5. The largest absolute Gasteiger partial charge is 0.457 e. The maximum atomic E-state index is 13.2. The van der Waals surface area contributed by atoms with Gasteiger partial charge in [0.25, 0.3) is 0 Å². The zero-order chi connectivity index (χ0) is 14.3. The van der Waals surface area contributed by atoms with Gasteiger partial charge in [0.2, 0.25) is 0 Å². The lowest BCUT2D eigenvalue weighted by atomic mass is 10.1. The molecule has 0 saturated carbocycles. The number of aliphatic hydroxyl groups excluding tert-OH is 1. The predicted octanol–water partition coefficient (Wildman–Crippen LogP) is 4.34. The first-order chi connectivity index (χ1) is 9.54. The number of rotatable bonds is 2. The van der Waals surface area contributed by atoms with Crippen LogP contribution in [0.1, 0.15) is 23.7 Å². The van der Waals surface area contributed by atoms with Crippen molar-refractivity contribution in [3.05, 3.63) is 56.7 Å². The summed E-state index contributed by atoms with van der Waals surface area (Å²) < 4.78 is 32.9. The van der Waals surface area contributed by atoms with E-state index in [2.05, 4.69) is 22.6 Å². The Morgan fingerprint density at radius 2 is 1.85 bits per heavy atom. The molecule has 1 unspecified atom stereocenters. The summed E-state index contributed by atoms with van der Waals surface area (Å²) in [6.45, 7) is 0. The van der Waals surface area contributed by atoms with Gasteiger partial charge in [0.15, 0.2) is 0 Å². The average molecular weight is 388 g/mol. The van der Waals surface area contributed by atoms with Crippen LogP contribution in [0, 0.1) is 15.2 Å². The second-order valence-electron chi connectivity index (χ2n) is 4.70. The van der Waals surface area contributed by atoms with Crippen molar-refractivity contribution < 1.29 is 18.6 Å². The number of halogens is 3. The van der Waals surface area contributed by atoms with Crippen molar-refractivity contribution in [2.45, 2.75) is 18.9 Å². The summed E-state index contributed by atoms with van der Waals surface area (Å²) in [5.41, 5.74) is 1.77. The molecule has 1 atom stereocenters. The van der Waals surface area contributed by atoms with E-state index in [0.29, 0.717) is 18.6 Å². The highest BCUT2D eigenvalue weighted by Crippen LogP contribution is 2.41. The molecule has 0 aromatic heterocycles. The van der Waals surface area contributed by atoms with E-state index in [9.17, 15) is 13.9 Å². The van der Waals surface area contributed by atoms with Gasteiger partial charge in [-0.2, -0.15) is 0 Å². The monoisotopic (exact) mass is 388 g/mol. The second kappa shape index (κ2) is 5.29. The molecule has 0 radical (unpaired) electrons. The zero-order valence-electron chi connectivity index (χ0n) is 10.4. The van der Waals surface area contributed by atoms with Gasteiger partial charge in [0.1, 0.15) is 23.1 Å². The number of aliphatic hydroxyl groups is 1. The minimum Gasteiger partial charge on any atom is -0.457 e. The SMILES string of the molecule is OC1CCc2c(Oc3cc(F)cc(F)c3)ccc(I)c21. The summed E-state index contributed by atoms with van der Waals surface area (Å²) in [5, 5.41) is 9.96. The van der Waals surface area contributed by atoms with Crippen molar-refractivity contribution in [3.8, 4) is 11.5 Å². The standard InChI is InChI=1S/C15H11F2IO2/c16-8-5-9(17)7-10(6-8)20-14-4-2-12(18)15-11(14)1-3-13(15)19/h2,4-7,13,19H,1,3H2. The number of benzene rings is 2. The Kier molecular flexibility index (Phi) is 3.64. The molecule has 2 nitrogen and oxygen atoms in total. The number of ether oxygens (including phenoxy) is 1. The summed E-state index contributed by atoms with van der Waals surface area (Å²) in [6, 6.07) is 6.67. The van der Waals surface area contributed by atoms with Gasteiger partial charge in [0.05, 0.1) is 6.10 Å². The maximum absolute atomic E-state index is 13.2. The first kappa shape index (κ1) is 13.8. The Morgan fingerprint density at radius 1 is 1.15 bits per heavy atom. The fraction of sp³-hybridized carbons (Fsp3) is 0.200. The van der Waals surface area contributed by atoms with Crippen LogP contribution in [0.15, 0.2) is 30.3 Å². The van der Waals surface area contributed by atoms with E-state index in [4.69, 9.17) is 4.74 Å². The fourth-order valence-electron chi connectivity index (χ4n) is 2.47. The molecule has 3 rings (SSSR count). The molecule has 5 heteroatoms. The van der Waals surface area contributed by atoms with E-state index in [1.54, 1.807) is 6.07 Å². The summed E-state index contributed by atoms with van der Waals surface area (Å²) >= 11 is 2.16. The minimum atomic E-state index is -0.679. The summed E-state index contributed by atoms with van der Waals surface area (Å²) in [4.78, 5) is 0. The lowest BCUT2D eigenvalue weighted by Gasteiger charge is -2.13. The lowest BCUT2D eigenvalue weighted by molar-refractivity contribution is 0.179. The van der Waals surface area contributed by atoms with Crippen LogP contribution < -0.4 is 4.74 Å². The van der Waals surface area contributed by atoms with Crippen molar-refractivity contribution >= 4 is 22.6 Å². The molecule has 1 aliphatic rings. The molecule has 1 aliphatic carbocycles. The van der Waals surface area contributed by atoms with Crippen LogP contribution in [0.3, 0.4) is 0 Å². The van der Waals surface area contributed by atoms with E-state index in [0.717, 1.165) is 32.9 Å². The van der Waals surface area contributed by atoms with Crippen LogP contribution in [0.5, 0.6) is 11.5 Å². The van der Waals surface area contributed by atoms with E-state index in [1.807, 2.05) is 6.07 Å². The molecule has 104 valence electrons. The normalized spacial score (nSPS) is 17.1. The van der Waals surface area contributed by atoms with Gasteiger partial charge >= 0.3 is 0 Å². The van der Waals surface area contributed by atoms with Crippen LogP contribution in [0.4, 0.5) is 8.78 Å². The first-order valence-electron chi connectivity index (χ1n) is 6.18. The molecule has 1 N–H and O–H groups in total. The van der Waals surface area contributed by atoms with Crippen molar-refractivity contribution in [1.29, 1.82) is 0 Å². The Balaban J connectivity index is 2.00. The highest BCUT2D eigenvalue weighted by molar-refractivity contribution is 14.1.